The molecule has 2 aromatic rings. The van der Waals surface area contributed by atoms with Gasteiger partial charge in [0.15, 0.2) is 0 Å². The fourth-order valence-electron chi connectivity index (χ4n) is 3.76. The molecule has 32 heavy (non-hydrogen) atoms. The second-order valence-electron chi connectivity index (χ2n) is 8.07. The lowest BCUT2D eigenvalue weighted by molar-refractivity contribution is 0.112. The topological polar surface area (TPSA) is 100 Å². The van der Waals surface area contributed by atoms with Gasteiger partial charge >= 0.3 is 6.09 Å². The van der Waals surface area contributed by atoms with Crippen LogP contribution in [0.3, 0.4) is 0 Å². The maximum absolute atomic E-state index is 13.5. The summed E-state index contributed by atoms with van der Waals surface area (Å²) in [5.41, 5.74) is 1.13. The average Bonchev–Trinajstić information content (AvgIpc) is 2.70. The predicted octanol–water partition coefficient (Wildman–Crippen LogP) is 3.41. The highest BCUT2D eigenvalue weighted by molar-refractivity contribution is 5.65. The first kappa shape index (κ1) is 23.7. The first-order chi connectivity index (χ1) is 15.2. The van der Waals surface area contributed by atoms with Crippen LogP contribution >= 0.6 is 0 Å². The molecule has 1 aliphatic rings. The fourth-order valence-corrected chi connectivity index (χ4v) is 3.76. The summed E-state index contributed by atoms with van der Waals surface area (Å²) in [5, 5.41) is 25.3. The number of hydrogen-bond acceptors (Lipinski definition) is 5. The Bertz CT molecular complexity index is 920. The molecule has 1 heterocycles. The lowest BCUT2D eigenvalue weighted by Crippen LogP contribution is -2.49. The molecule has 0 aromatic heterocycles. The zero-order valence-electron chi connectivity index (χ0n) is 18.0. The monoisotopic (exact) mass is 450 g/mol. The van der Waals surface area contributed by atoms with Gasteiger partial charge < -0.3 is 30.3 Å². The standard InChI is InChI=1S/C23H28F2N2O5/c1-13(2)32-17-3-4-22-18(11-17)19(5-6-31-22)26-12-21(28)20(27-23(29)30)9-14-7-15(24)10-16(25)8-14/h3-4,7-8,10-11,13,19-21,26-28H,5-6,9,12H2,1-2H3,(H,29,30)/t19-,20-,21+/m0/s1. The largest absolute Gasteiger partial charge is 0.493 e. The Labute approximate surface area is 185 Å². The van der Waals surface area contributed by atoms with Crippen molar-refractivity contribution in [3.05, 3.63) is 59.2 Å². The van der Waals surface area contributed by atoms with Gasteiger partial charge in [-0.25, -0.2) is 13.6 Å². The lowest BCUT2D eigenvalue weighted by Gasteiger charge is -2.30. The van der Waals surface area contributed by atoms with E-state index in [1.807, 2.05) is 32.0 Å². The van der Waals surface area contributed by atoms with E-state index in [4.69, 9.17) is 14.6 Å². The molecule has 0 radical (unpaired) electrons. The molecule has 7 nitrogen and oxygen atoms in total. The molecule has 0 saturated heterocycles. The van der Waals surface area contributed by atoms with Gasteiger partial charge in [0.2, 0.25) is 0 Å². The van der Waals surface area contributed by atoms with Gasteiger partial charge in [-0.05, 0) is 56.2 Å². The van der Waals surface area contributed by atoms with Crippen LogP contribution < -0.4 is 20.1 Å². The minimum absolute atomic E-state index is 0.0151. The Morgan fingerprint density at radius 3 is 2.59 bits per heavy atom. The third-order valence-corrected chi connectivity index (χ3v) is 5.12. The summed E-state index contributed by atoms with van der Waals surface area (Å²) in [6.45, 7) is 4.41. The number of hydrogen-bond donors (Lipinski definition) is 4. The molecule has 3 rings (SSSR count). The molecule has 0 fully saturated rings. The van der Waals surface area contributed by atoms with Crippen molar-refractivity contribution in [2.24, 2.45) is 0 Å². The summed E-state index contributed by atoms with van der Waals surface area (Å²) in [6.07, 6.45) is -1.88. The van der Waals surface area contributed by atoms with Crippen LogP contribution in [0.25, 0.3) is 0 Å². The van der Waals surface area contributed by atoms with Gasteiger partial charge in [0.05, 0.1) is 24.9 Å². The molecular weight excluding hydrogens is 422 g/mol. The molecule has 1 aliphatic heterocycles. The predicted molar refractivity (Wildman–Crippen MR) is 114 cm³/mol. The van der Waals surface area contributed by atoms with Crippen molar-refractivity contribution >= 4 is 6.09 Å². The number of amides is 1. The van der Waals surface area contributed by atoms with Crippen molar-refractivity contribution in [2.75, 3.05) is 13.2 Å². The first-order valence-electron chi connectivity index (χ1n) is 10.5. The van der Waals surface area contributed by atoms with Crippen LogP contribution in [0.5, 0.6) is 11.5 Å². The number of aliphatic hydroxyl groups is 1. The highest BCUT2D eigenvalue weighted by Gasteiger charge is 2.26. The van der Waals surface area contributed by atoms with Crippen LogP contribution in [-0.4, -0.2) is 47.7 Å². The molecule has 0 spiro atoms. The molecule has 0 saturated carbocycles. The smallest absolute Gasteiger partial charge is 0.404 e. The van der Waals surface area contributed by atoms with Crippen LogP contribution in [0.2, 0.25) is 0 Å². The Hall–Kier alpha value is -2.91. The number of fused-ring (bicyclic) bond motifs is 1. The van der Waals surface area contributed by atoms with Crippen molar-refractivity contribution in [1.29, 1.82) is 0 Å². The zero-order chi connectivity index (χ0) is 23.3. The summed E-state index contributed by atoms with van der Waals surface area (Å²) >= 11 is 0. The molecule has 9 heteroatoms. The van der Waals surface area contributed by atoms with Crippen molar-refractivity contribution in [3.8, 4) is 11.5 Å². The van der Waals surface area contributed by atoms with E-state index in [1.54, 1.807) is 0 Å². The van der Waals surface area contributed by atoms with E-state index < -0.39 is 29.9 Å². The maximum Gasteiger partial charge on any atom is 0.404 e. The second kappa shape index (κ2) is 10.6. The van der Waals surface area contributed by atoms with Gasteiger partial charge in [0, 0.05) is 30.6 Å². The summed E-state index contributed by atoms with van der Waals surface area (Å²) in [4.78, 5) is 11.2. The summed E-state index contributed by atoms with van der Waals surface area (Å²) < 4.78 is 38.5. The SMILES string of the molecule is CC(C)Oc1ccc2c(c1)[C@@H](NC[C@@H](O)[C@H](Cc1cc(F)cc(F)c1)NC(=O)O)CCO2. The number of ether oxygens (including phenoxy) is 2. The van der Waals surface area contributed by atoms with E-state index in [0.717, 1.165) is 29.5 Å². The summed E-state index contributed by atoms with van der Waals surface area (Å²) in [6, 6.07) is 7.43. The van der Waals surface area contributed by atoms with Crippen LogP contribution in [0.4, 0.5) is 13.6 Å². The number of halogens is 2. The third kappa shape index (κ3) is 6.54. The Kier molecular flexibility index (Phi) is 7.87. The van der Waals surface area contributed by atoms with E-state index in [9.17, 15) is 18.7 Å². The van der Waals surface area contributed by atoms with Gasteiger partial charge in [-0.2, -0.15) is 0 Å². The quantitative estimate of drug-likeness (QED) is 0.467. The maximum atomic E-state index is 13.5. The van der Waals surface area contributed by atoms with Gasteiger partial charge in [-0.1, -0.05) is 0 Å². The highest BCUT2D eigenvalue weighted by atomic mass is 19.1. The zero-order valence-corrected chi connectivity index (χ0v) is 18.0. The third-order valence-electron chi connectivity index (χ3n) is 5.12. The van der Waals surface area contributed by atoms with Gasteiger partial charge in [0.1, 0.15) is 23.1 Å². The minimum atomic E-state index is -1.34. The molecule has 2 aromatic carbocycles. The van der Waals surface area contributed by atoms with Crippen LogP contribution in [0.1, 0.15) is 37.4 Å². The first-order valence-corrected chi connectivity index (χ1v) is 10.5. The molecule has 3 atom stereocenters. The molecule has 0 aliphatic carbocycles. The Morgan fingerprint density at radius 2 is 1.94 bits per heavy atom. The molecule has 4 N–H and O–H groups in total. The van der Waals surface area contributed by atoms with Crippen molar-refractivity contribution in [3.63, 3.8) is 0 Å². The number of carbonyl (C=O) groups is 1. The fraction of sp³-hybridized carbons (Fsp3) is 0.435. The summed E-state index contributed by atoms with van der Waals surface area (Å²) in [5.74, 6) is -0.107. The van der Waals surface area contributed by atoms with Crippen LogP contribution in [0.15, 0.2) is 36.4 Å². The molecule has 0 unspecified atom stereocenters. The van der Waals surface area contributed by atoms with Gasteiger partial charge in [-0.15, -0.1) is 0 Å². The van der Waals surface area contributed by atoms with Crippen molar-refractivity contribution < 1.29 is 33.3 Å². The number of carboxylic acid groups (broad SMARTS) is 1. The van der Waals surface area contributed by atoms with Crippen LogP contribution in [0, 0.1) is 11.6 Å². The highest BCUT2D eigenvalue weighted by Crippen LogP contribution is 2.35. The normalized spacial score (nSPS) is 17.2. The van der Waals surface area contributed by atoms with Gasteiger partial charge in [0.25, 0.3) is 0 Å². The van der Waals surface area contributed by atoms with Gasteiger partial charge in [-0.3, -0.25) is 0 Å². The number of aliphatic hydroxyl groups excluding tert-OH is 1. The number of nitrogens with one attached hydrogen (secondary N) is 2. The lowest BCUT2D eigenvalue weighted by atomic mass is 9.98. The second-order valence-corrected chi connectivity index (χ2v) is 8.07. The van der Waals surface area contributed by atoms with E-state index in [2.05, 4.69) is 10.6 Å². The van der Waals surface area contributed by atoms with E-state index >= 15 is 0 Å². The van der Waals surface area contributed by atoms with E-state index in [0.29, 0.717) is 18.8 Å². The van der Waals surface area contributed by atoms with Crippen LogP contribution in [-0.2, 0) is 6.42 Å². The molecular formula is C23H28F2N2O5. The van der Waals surface area contributed by atoms with E-state index in [1.165, 1.54) is 0 Å². The Morgan fingerprint density at radius 1 is 1.22 bits per heavy atom. The average molecular weight is 450 g/mol. The summed E-state index contributed by atoms with van der Waals surface area (Å²) in [7, 11) is 0. The minimum Gasteiger partial charge on any atom is -0.493 e. The molecule has 1 amide bonds. The van der Waals surface area contributed by atoms with Crippen molar-refractivity contribution in [1.82, 2.24) is 10.6 Å². The Balaban J connectivity index is 1.69. The van der Waals surface area contributed by atoms with E-state index in [-0.39, 0.29) is 30.7 Å². The molecule has 174 valence electrons. The number of benzene rings is 2. The molecule has 0 bridgehead atoms. The number of rotatable bonds is 9. The van der Waals surface area contributed by atoms with Crippen molar-refractivity contribution in [2.45, 2.75) is 51.0 Å².